The van der Waals surface area contributed by atoms with Gasteiger partial charge >= 0.3 is 7.82 Å². The summed E-state index contributed by atoms with van der Waals surface area (Å²) in [4.78, 5) is 25.2. The van der Waals surface area contributed by atoms with Crippen LogP contribution >= 0.6 is 7.82 Å². The Balaban J connectivity index is 3.74. The van der Waals surface area contributed by atoms with E-state index >= 15 is 0 Å². The van der Waals surface area contributed by atoms with Gasteiger partial charge in [0, 0.05) is 0 Å². The molecule has 54 valence electrons. The van der Waals surface area contributed by atoms with Gasteiger partial charge < -0.3 is 14.9 Å². The third-order valence-electron chi connectivity index (χ3n) is 0.362. The normalized spacial score (nSPS) is 15.0. The molecule has 0 rings (SSSR count). The molecule has 0 heterocycles. The van der Waals surface area contributed by atoms with Gasteiger partial charge in [-0.1, -0.05) is 0 Å². The van der Waals surface area contributed by atoms with Crippen molar-refractivity contribution in [1.29, 1.82) is 0 Å². The lowest BCUT2D eigenvalue weighted by molar-refractivity contribution is -0.129. The minimum atomic E-state index is -4.72. The molecule has 0 unspecified atom stereocenters. The average molecular weight is 156 g/mol. The number of aliphatic hydroxyl groups is 1. The summed E-state index contributed by atoms with van der Waals surface area (Å²) >= 11 is 0. The molecule has 0 aromatic rings. The molecule has 0 spiro atoms. The third kappa shape index (κ3) is 5.61. The van der Waals surface area contributed by atoms with Crippen LogP contribution in [0.5, 0.6) is 0 Å². The van der Waals surface area contributed by atoms with Crippen LogP contribution in [0.3, 0.4) is 0 Å². The van der Waals surface area contributed by atoms with Crippen LogP contribution in [0.2, 0.25) is 0 Å². The van der Waals surface area contributed by atoms with Gasteiger partial charge in [0.1, 0.15) is 0 Å². The zero-order valence-corrected chi connectivity index (χ0v) is 5.06. The first-order chi connectivity index (χ1) is 3.95. The van der Waals surface area contributed by atoms with E-state index in [9.17, 15) is 9.36 Å². The summed E-state index contributed by atoms with van der Waals surface area (Å²) < 4.78 is 13.2. The number of phosphoric ester groups is 1. The largest absolute Gasteiger partial charge is 0.472 e. The lowest BCUT2D eigenvalue weighted by Crippen LogP contribution is -2.10. The predicted molar refractivity (Wildman–Crippen MR) is 25.2 cm³/mol. The second kappa shape index (κ2) is 3.05. The first kappa shape index (κ1) is 8.74. The summed E-state index contributed by atoms with van der Waals surface area (Å²) in [5.41, 5.74) is 0. The maximum Gasteiger partial charge on any atom is 0.472 e. The Morgan fingerprint density at radius 2 is 2.00 bits per heavy atom. The van der Waals surface area contributed by atoms with Gasteiger partial charge in [0.05, 0.1) is 0 Å². The highest BCUT2D eigenvalue weighted by atomic mass is 31.2. The maximum absolute atomic E-state index is 9.75. The van der Waals surface area contributed by atoms with Gasteiger partial charge in [-0.15, -0.1) is 0 Å². The Hall–Kier alpha value is -0.260. The van der Waals surface area contributed by atoms with Gasteiger partial charge in [0.2, 0.25) is 6.29 Å². The molecule has 0 amide bonds. The van der Waals surface area contributed by atoms with Crippen molar-refractivity contribution in [3.8, 4) is 0 Å². The summed E-state index contributed by atoms with van der Waals surface area (Å²) in [6.07, 6.45) is -2.19. The molecular weight excluding hydrogens is 151 g/mol. The van der Waals surface area contributed by atoms with Crippen molar-refractivity contribution in [1.82, 2.24) is 0 Å². The van der Waals surface area contributed by atoms with Crippen LogP contribution in [0.1, 0.15) is 0 Å². The lowest BCUT2D eigenvalue weighted by Gasteiger charge is -2.04. The molecule has 9 heavy (non-hydrogen) atoms. The van der Waals surface area contributed by atoms with Crippen molar-refractivity contribution in [2.24, 2.45) is 0 Å². The standard InChI is InChI=1S/C2H5O6P/c3-1-2(4)8-9(5,6)7/h1-2,4H,(H2,5,6,7)/t2-/m1/s1. The van der Waals surface area contributed by atoms with E-state index in [4.69, 9.17) is 14.9 Å². The highest BCUT2D eigenvalue weighted by molar-refractivity contribution is 7.46. The molecule has 0 aromatic heterocycles. The molecule has 0 aliphatic rings. The van der Waals surface area contributed by atoms with Crippen LogP contribution < -0.4 is 0 Å². The zero-order chi connectivity index (χ0) is 7.49. The quantitative estimate of drug-likeness (QED) is 0.264. The van der Waals surface area contributed by atoms with Gasteiger partial charge in [-0.05, 0) is 0 Å². The molecule has 0 fully saturated rings. The number of carbonyl (C=O) groups excluding carboxylic acids is 1. The lowest BCUT2D eigenvalue weighted by atomic mass is 10.8. The van der Waals surface area contributed by atoms with E-state index in [0.29, 0.717) is 0 Å². The number of carbonyl (C=O) groups is 1. The molecule has 0 saturated carbocycles. The van der Waals surface area contributed by atoms with E-state index in [1.807, 2.05) is 0 Å². The van der Waals surface area contributed by atoms with E-state index < -0.39 is 14.1 Å². The summed E-state index contributed by atoms with van der Waals surface area (Å²) in [5, 5.41) is 8.11. The van der Waals surface area contributed by atoms with Crippen molar-refractivity contribution in [3.05, 3.63) is 0 Å². The summed E-state index contributed by atoms with van der Waals surface area (Å²) in [7, 11) is -4.72. The fraction of sp³-hybridized carbons (Fsp3) is 0.500. The maximum atomic E-state index is 9.75. The van der Waals surface area contributed by atoms with Crippen LogP contribution in [-0.4, -0.2) is 27.5 Å². The van der Waals surface area contributed by atoms with Crippen LogP contribution in [-0.2, 0) is 13.9 Å². The second-order valence-corrected chi connectivity index (χ2v) is 2.31. The third-order valence-corrected chi connectivity index (χ3v) is 0.852. The van der Waals surface area contributed by atoms with Crippen LogP contribution in [0, 0.1) is 0 Å². The Labute approximate surface area is 50.3 Å². The number of aldehydes is 1. The van der Waals surface area contributed by atoms with Crippen LogP contribution in [0.15, 0.2) is 0 Å². The van der Waals surface area contributed by atoms with Gasteiger partial charge in [-0.3, -0.25) is 4.79 Å². The molecular formula is C2H5O6P. The summed E-state index contributed by atoms with van der Waals surface area (Å²) in [6, 6.07) is 0. The van der Waals surface area contributed by atoms with E-state index in [2.05, 4.69) is 4.52 Å². The molecule has 0 saturated heterocycles. The molecule has 0 aliphatic carbocycles. The van der Waals surface area contributed by atoms with E-state index in [1.54, 1.807) is 0 Å². The van der Waals surface area contributed by atoms with Gasteiger partial charge in [0.15, 0.2) is 6.29 Å². The van der Waals surface area contributed by atoms with Gasteiger partial charge in [0.25, 0.3) is 0 Å². The van der Waals surface area contributed by atoms with Crippen molar-refractivity contribution >= 4 is 14.1 Å². The Bertz CT molecular complexity index is 136. The highest BCUT2D eigenvalue weighted by Gasteiger charge is 2.18. The molecule has 0 aromatic carbocycles. The molecule has 0 bridgehead atoms. The average Bonchev–Trinajstić information content (AvgIpc) is 1.62. The van der Waals surface area contributed by atoms with Gasteiger partial charge in [-0.25, -0.2) is 9.09 Å². The van der Waals surface area contributed by atoms with Crippen molar-refractivity contribution in [2.75, 3.05) is 0 Å². The fourth-order valence-corrected chi connectivity index (χ4v) is 0.497. The van der Waals surface area contributed by atoms with Crippen molar-refractivity contribution in [3.63, 3.8) is 0 Å². The minimum Gasteiger partial charge on any atom is -0.362 e. The van der Waals surface area contributed by atoms with Crippen molar-refractivity contribution < 1.29 is 28.8 Å². The topological polar surface area (TPSA) is 104 Å². The summed E-state index contributed by atoms with van der Waals surface area (Å²) in [6.45, 7) is 0. The molecule has 0 radical (unpaired) electrons. The van der Waals surface area contributed by atoms with Crippen molar-refractivity contribution in [2.45, 2.75) is 6.29 Å². The van der Waals surface area contributed by atoms with Crippen LogP contribution in [0.25, 0.3) is 0 Å². The molecule has 3 N–H and O–H groups in total. The van der Waals surface area contributed by atoms with E-state index in [1.165, 1.54) is 0 Å². The minimum absolute atomic E-state index is 0.140. The van der Waals surface area contributed by atoms with Crippen LogP contribution in [0.4, 0.5) is 0 Å². The highest BCUT2D eigenvalue weighted by Crippen LogP contribution is 2.36. The first-order valence-electron chi connectivity index (χ1n) is 1.83. The van der Waals surface area contributed by atoms with E-state index in [-0.39, 0.29) is 6.29 Å². The Morgan fingerprint density at radius 1 is 1.56 bits per heavy atom. The second-order valence-electron chi connectivity index (χ2n) is 1.12. The smallest absolute Gasteiger partial charge is 0.362 e. The number of phosphoric acid groups is 1. The van der Waals surface area contributed by atoms with Gasteiger partial charge in [-0.2, -0.15) is 0 Å². The SMILES string of the molecule is O=C[C@H](O)OP(=O)(O)O. The fourth-order valence-electron chi connectivity index (χ4n) is 0.166. The molecule has 0 aliphatic heterocycles. The zero-order valence-electron chi connectivity index (χ0n) is 4.17. The number of aliphatic hydroxyl groups excluding tert-OH is 1. The van der Waals surface area contributed by atoms with E-state index in [0.717, 1.165) is 0 Å². The number of rotatable bonds is 3. The number of hydrogen-bond acceptors (Lipinski definition) is 4. The number of hydrogen-bond donors (Lipinski definition) is 3. The molecule has 6 nitrogen and oxygen atoms in total. The first-order valence-corrected chi connectivity index (χ1v) is 3.36. The summed E-state index contributed by atoms with van der Waals surface area (Å²) in [5.74, 6) is 0. The monoisotopic (exact) mass is 156 g/mol. The Morgan fingerprint density at radius 3 is 2.11 bits per heavy atom. The Kier molecular flexibility index (Phi) is 2.96. The molecule has 7 heteroatoms. The predicted octanol–water partition coefficient (Wildman–Crippen LogP) is -1.39. The molecule has 1 atom stereocenters.